The Morgan fingerprint density at radius 3 is 2.51 bits per heavy atom. The number of rotatable bonds is 7. The number of Topliss-reactive ketones (excluding diaryl/α,β-unsaturated/α-hetero) is 1. The van der Waals surface area contributed by atoms with Crippen LogP contribution in [0.2, 0.25) is 0 Å². The number of hydrogen-bond donors (Lipinski definition) is 1. The van der Waals surface area contributed by atoms with Crippen LogP contribution in [0.1, 0.15) is 36.6 Å². The van der Waals surface area contributed by atoms with Gasteiger partial charge in [0.1, 0.15) is 11.5 Å². The van der Waals surface area contributed by atoms with Gasteiger partial charge in [0.05, 0.1) is 17.7 Å². The van der Waals surface area contributed by atoms with E-state index in [0.29, 0.717) is 24.4 Å². The van der Waals surface area contributed by atoms with Crippen molar-refractivity contribution in [2.24, 2.45) is 7.05 Å². The zero-order chi connectivity index (χ0) is 25.4. The highest BCUT2D eigenvalue weighted by molar-refractivity contribution is 6.46. The number of aliphatic hydroxyl groups excluding tert-OH is 1. The molecule has 1 aliphatic rings. The Kier molecular flexibility index (Phi) is 6.72. The second-order valence-electron chi connectivity index (χ2n) is 9.66. The van der Waals surface area contributed by atoms with Crippen LogP contribution in [0.3, 0.4) is 0 Å². The molecule has 35 heavy (non-hydrogen) atoms. The molecule has 0 radical (unpaired) electrons. The average molecular weight is 476 g/mol. The van der Waals surface area contributed by atoms with Crippen molar-refractivity contribution in [3.63, 3.8) is 0 Å². The predicted octanol–water partition coefficient (Wildman–Crippen LogP) is 4.26. The fourth-order valence-corrected chi connectivity index (χ4v) is 4.67. The van der Waals surface area contributed by atoms with Crippen molar-refractivity contribution in [3.05, 3.63) is 70.9 Å². The van der Waals surface area contributed by atoms with Crippen molar-refractivity contribution in [3.8, 4) is 5.75 Å². The van der Waals surface area contributed by atoms with Crippen LogP contribution in [0.5, 0.6) is 5.75 Å². The van der Waals surface area contributed by atoms with Crippen molar-refractivity contribution in [1.29, 1.82) is 0 Å². The molecule has 2 heterocycles. The van der Waals surface area contributed by atoms with Crippen LogP contribution in [0, 0.1) is 6.92 Å². The molecule has 2 aromatic carbocycles. The Hall–Kier alpha value is -3.58. The number of likely N-dealkylation sites (tertiary alicyclic amines) is 1. The normalized spacial score (nSPS) is 17.8. The van der Waals surface area contributed by atoms with E-state index >= 15 is 0 Å². The average Bonchev–Trinajstić information content (AvgIpc) is 3.26. The number of aliphatic hydroxyl groups is 1. The summed E-state index contributed by atoms with van der Waals surface area (Å²) >= 11 is 0. The summed E-state index contributed by atoms with van der Waals surface area (Å²) in [5.41, 5.74) is 3.24. The van der Waals surface area contributed by atoms with Crippen LogP contribution in [-0.4, -0.2) is 64.5 Å². The fraction of sp³-hybridized carbons (Fsp3) is 0.357. The van der Waals surface area contributed by atoms with Gasteiger partial charge in [-0.25, -0.2) is 0 Å². The van der Waals surface area contributed by atoms with Gasteiger partial charge in [0, 0.05) is 48.4 Å². The molecule has 0 spiro atoms. The number of fused-ring (bicyclic) bond motifs is 1. The van der Waals surface area contributed by atoms with Crippen LogP contribution >= 0.6 is 0 Å². The van der Waals surface area contributed by atoms with E-state index in [1.54, 1.807) is 23.1 Å². The maximum Gasteiger partial charge on any atom is 0.295 e. The molecule has 7 heteroatoms. The highest BCUT2D eigenvalue weighted by Gasteiger charge is 2.46. The topological polar surface area (TPSA) is 75.0 Å². The van der Waals surface area contributed by atoms with Gasteiger partial charge in [-0.05, 0) is 64.7 Å². The number of ether oxygens (including phenoxy) is 1. The van der Waals surface area contributed by atoms with Gasteiger partial charge in [-0.3, -0.25) is 9.59 Å². The number of para-hydroxylation sites is 1. The number of aryl methyl sites for hydroxylation is 2. The SMILES string of the molecule is Cc1cc(/C(O)=C2\C(=O)C(=O)N(CCN(C)C)C2c2cn(C)c3ccccc23)ccc1OC(C)C. The summed E-state index contributed by atoms with van der Waals surface area (Å²) in [5.74, 6) is -0.719. The third-order valence-electron chi connectivity index (χ3n) is 6.36. The largest absolute Gasteiger partial charge is 0.507 e. The van der Waals surface area contributed by atoms with Gasteiger partial charge in [0.15, 0.2) is 0 Å². The lowest BCUT2D eigenvalue weighted by Gasteiger charge is -2.26. The number of benzene rings is 2. The Bertz CT molecular complexity index is 1320. The Labute approximate surface area is 206 Å². The van der Waals surface area contributed by atoms with Gasteiger partial charge in [-0.1, -0.05) is 18.2 Å². The van der Waals surface area contributed by atoms with Gasteiger partial charge in [0.25, 0.3) is 11.7 Å². The molecule has 184 valence electrons. The van der Waals surface area contributed by atoms with Crippen LogP contribution in [-0.2, 0) is 16.6 Å². The fourth-order valence-electron chi connectivity index (χ4n) is 4.67. The second kappa shape index (κ2) is 9.58. The van der Waals surface area contributed by atoms with Crippen molar-refractivity contribution < 1.29 is 19.4 Å². The van der Waals surface area contributed by atoms with Crippen molar-refractivity contribution >= 4 is 28.4 Å². The lowest BCUT2D eigenvalue weighted by atomic mass is 9.94. The van der Waals surface area contributed by atoms with E-state index in [4.69, 9.17) is 4.74 Å². The van der Waals surface area contributed by atoms with Crippen molar-refractivity contribution in [2.75, 3.05) is 27.2 Å². The minimum Gasteiger partial charge on any atom is -0.507 e. The summed E-state index contributed by atoms with van der Waals surface area (Å²) in [6.07, 6.45) is 1.96. The van der Waals surface area contributed by atoms with Gasteiger partial charge in [-0.15, -0.1) is 0 Å². The third kappa shape index (κ3) is 4.56. The first-order chi connectivity index (χ1) is 16.6. The van der Waals surface area contributed by atoms with E-state index in [1.807, 2.05) is 81.8 Å². The number of hydrogen-bond acceptors (Lipinski definition) is 5. The van der Waals surface area contributed by atoms with E-state index < -0.39 is 17.7 Å². The zero-order valence-corrected chi connectivity index (χ0v) is 21.2. The monoisotopic (exact) mass is 475 g/mol. The van der Waals surface area contributed by atoms with Crippen LogP contribution < -0.4 is 4.74 Å². The smallest absolute Gasteiger partial charge is 0.295 e. The molecule has 1 N–H and O–H groups in total. The molecule has 1 aromatic heterocycles. The molecule has 1 amide bonds. The number of amides is 1. The molecule has 1 aliphatic heterocycles. The molecule has 0 saturated carbocycles. The second-order valence-corrected chi connectivity index (χ2v) is 9.66. The van der Waals surface area contributed by atoms with Crippen LogP contribution in [0.25, 0.3) is 16.7 Å². The molecule has 1 saturated heterocycles. The summed E-state index contributed by atoms with van der Waals surface area (Å²) < 4.78 is 7.81. The van der Waals surface area contributed by atoms with Gasteiger partial charge in [0.2, 0.25) is 0 Å². The Morgan fingerprint density at radius 1 is 1.14 bits per heavy atom. The first-order valence-corrected chi connectivity index (χ1v) is 11.8. The first-order valence-electron chi connectivity index (χ1n) is 11.8. The number of carbonyl (C=O) groups is 2. The molecular weight excluding hydrogens is 442 g/mol. The first kappa shape index (κ1) is 24.5. The van der Waals surface area contributed by atoms with Crippen LogP contribution in [0.4, 0.5) is 0 Å². The maximum atomic E-state index is 13.3. The lowest BCUT2D eigenvalue weighted by Crippen LogP contribution is -2.35. The van der Waals surface area contributed by atoms with Crippen molar-refractivity contribution in [1.82, 2.24) is 14.4 Å². The predicted molar refractivity (Wildman–Crippen MR) is 137 cm³/mol. The highest BCUT2D eigenvalue weighted by atomic mass is 16.5. The molecule has 4 rings (SSSR count). The minimum absolute atomic E-state index is 0.0153. The van der Waals surface area contributed by atoms with E-state index in [1.165, 1.54) is 0 Å². The van der Waals surface area contributed by atoms with Gasteiger partial charge in [-0.2, -0.15) is 0 Å². The molecule has 7 nitrogen and oxygen atoms in total. The highest BCUT2D eigenvalue weighted by Crippen LogP contribution is 2.42. The van der Waals surface area contributed by atoms with E-state index in [2.05, 4.69) is 0 Å². The third-order valence-corrected chi connectivity index (χ3v) is 6.36. The zero-order valence-electron chi connectivity index (χ0n) is 21.2. The van der Waals surface area contributed by atoms with E-state index in [0.717, 1.165) is 22.0 Å². The Morgan fingerprint density at radius 2 is 1.86 bits per heavy atom. The summed E-state index contributed by atoms with van der Waals surface area (Å²) in [4.78, 5) is 30.1. The molecule has 0 bridgehead atoms. The molecule has 1 unspecified atom stereocenters. The number of carbonyl (C=O) groups excluding carboxylic acids is 2. The number of likely N-dealkylation sites (N-methyl/N-ethyl adjacent to an activating group) is 1. The van der Waals surface area contributed by atoms with E-state index in [9.17, 15) is 14.7 Å². The summed E-state index contributed by atoms with van der Waals surface area (Å²) in [5, 5.41) is 12.4. The van der Waals surface area contributed by atoms with Gasteiger partial charge >= 0.3 is 0 Å². The number of nitrogens with zero attached hydrogens (tertiary/aromatic N) is 3. The van der Waals surface area contributed by atoms with E-state index in [-0.39, 0.29) is 17.4 Å². The number of ketones is 1. The summed E-state index contributed by atoms with van der Waals surface area (Å²) in [7, 11) is 5.79. The molecule has 1 atom stereocenters. The summed E-state index contributed by atoms with van der Waals surface area (Å²) in [6, 6.07) is 12.5. The minimum atomic E-state index is -0.687. The maximum absolute atomic E-state index is 13.3. The lowest BCUT2D eigenvalue weighted by molar-refractivity contribution is -0.140. The molecule has 0 aliphatic carbocycles. The molecular formula is C28H33N3O4. The number of aromatic nitrogens is 1. The molecule has 1 fully saturated rings. The van der Waals surface area contributed by atoms with Gasteiger partial charge < -0.3 is 24.2 Å². The van der Waals surface area contributed by atoms with Crippen LogP contribution in [0.15, 0.2) is 54.2 Å². The molecule has 3 aromatic rings. The Balaban J connectivity index is 1.89. The standard InChI is InChI=1S/C28H33N3O4/c1-17(2)35-23-12-11-19(15-18(23)3)26(32)24-25(31(14-13-29(4)5)28(34)27(24)33)21-16-30(6)22-10-8-7-9-20(21)22/h7-12,15-17,25,32H,13-14H2,1-6H3/b26-24+. The summed E-state index contributed by atoms with van der Waals surface area (Å²) in [6.45, 7) is 6.75. The quantitative estimate of drug-likeness (QED) is 0.314. The van der Waals surface area contributed by atoms with Crippen molar-refractivity contribution in [2.45, 2.75) is 32.9 Å².